The van der Waals surface area contributed by atoms with Gasteiger partial charge in [-0.3, -0.25) is 0 Å². The molecule has 128 valence electrons. The number of H-pyrrole nitrogens is 1. The second-order valence-electron chi connectivity index (χ2n) is 7.39. The van der Waals surface area contributed by atoms with Crippen molar-refractivity contribution in [1.29, 1.82) is 0 Å². The second kappa shape index (κ2) is 6.44. The maximum Gasteiger partial charge on any atom is 0.0458 e. The number of aromatic amines is 1. The van der Waals surface area contributed by atoms with Crippen LogP contribution in [0.15, 0.2) is 54.6 Å². The van der Waals surface area contributed by atoms with E-state index in [0.29, 0.717) is 6.04 Å². The zero-order chi connectivity index (χ0) is 17.4. The Labute approximate surface area is 150 Å². The van der Waals surface area contributed by atoms with Gasteiger partial charge in [0.1, 0.15) is 0 Å². The molecule has 0 radical (unpaired) electrons. The van der Waals surface area contributed by atoms with Crippen LogP contribution in [0.1, 0.15) is 31.4 Å². The van der Waals surface area contributed by atoms with Gasteiger partial charge in [0.25, 0.3) is 0 Å². The van der Waals surface area contributed by atoms with Gasteiger partial charge < -0.3 is 9.88 Å². The molecule has 25 heavy (non-hydrogen) atoms. The first-order valence-corrected chi connectivity index (χ1v) is 9.28. The Bertz CT molecular complexity index is 871. The Hall–Kier alpha value is -2.48. The Morgan fingerprint density at radius 2 is 1.56 bits per heavy atom. The topological polar surface area (TPSA) is 19.0 Å². The molecule has 0 amide bonds. The third kappa shape index (κ3) is 3.09. The first-order chi connectivity index (χ1) is 12.1. The molecule has 2 aromatic carbocycles. The zero-order valence-electron chi connectivity index (χ0n) is 15.3. The number of aryl methyl sites for hydroxylation is 2. The Morgan fingerprint density at radius 1 is 0.880 bits per heavy atom. The normalized spacial score (nSPS) is 14.0. The number of hydrogen-bond donors (Lipinski definition) is 1. The molecule has 2 heteroatoms. The lowest BCUT2D eigenvalue weighted by Gasteiger charge is -2.35. The molecule has 0 bridgehead atoms. The Kier molecular flexibility index (Phi) is 4.12. The number of fused-ring (bicyclic) bond motifs is 1. The van der Waals surface area contributed by atoms with Crippen molar-refractivity contribution in [3.63, 3.8) is 0 Å². The third-order valence-corrected chi connectivity index (χ3v) is 5.22. The maximum absolute atomic E-state index is 3.59. The van der Waals surface area contributed by atoms with E-state index in [4.69, 9.17) is 0 Å². The smallest absolute Gasteiger partial charge is 0.0458 e. The number of nitrogens with zero attached hydrogens (tertiary/aromatic N) is 1. The highest BCUT2D eigenvalue weighted by atomic mass is 15.2. The van der Waals surface area contributed by atoms with Crippen molar-refractivity contribution >= 4 is 5.69 Å². The third-order valence-electron chi connectivity index (χ3n) is 5.22. The molecule has 0 fully saturated rings. The van der Waals surface area contributed by atoms with Crippen LogP contribution in [0.4, 0.5) is 5.69 Å². The molecule has 3 aromatic rings. The van der Waals surface area contributed by atoms with Crippen molar-refractivity contribution in [3.8, 4) is 22.5 Å². The number of aromatic nitrogens is 1. The fourth-order valence-corrected chi connectivity index (χ4v) is 3.80. The summed E-state index contributed by atoms with van der Waals surface area (Å²) in [6.45, 7) is 7.85. The number of nitrogens with one attached hydrogen (secondary N) is 1. The average Bonchev–Trinajstić information content (AvgIpc) is 3.11. The minimum absolute atomic E-state index is 0.559. The van der Waals surface area contributed by atoms with Crippen LogP contribution in [-0.2, 0) is 6.42 Å². The second-order valence-corrected chi connectivity index (χ2v) is 7.39. The maximum atomic E-state index is 3.59. The quantitative estimate of drug-likeness (QED) is 0.641. The monoisotopic (exact) mass is 330 g/mol. The summed E-state index contributed by atoms with van der Waals surface area (Å²) in [5, 5.41) is 0. The summed E-state index contributed by atoms with van der Waals surface area (Å²) in [4.78, 5) is 6.12. The molecule has 2 heterocycles. The molecular formula is C23H26N2. The fraction of sp³-hybridized carbons (Fsp3) is 0.304. The predicted molar refractivity (Wildman–Crippen MR) is 107 cm³/mol. The average molecular weight is 330 g/mol. The van der Waals surface area contributed by atoms with Crippen LogP contribution in [0.25, 0.3) is 22.5 Å². The molecule has 0 saturated heterocycles. The van der Waals surface area contributed by atoms with Gasteiger partial charge >= 0.3 is 0 Å². The minimum Gasteiger partial charge on any atom is -0.369 e. The lowest BCUT2D eigenvalue weighted by atomic mass is 9.97. The van der Waals surface area contributed by atoms with Gasteiger partial charge in [-0.2, -0.15) is 0 Å². The molecule has 1 N–H and O–H groups in total. The van der Waals surface area contributed by atoms with E-state index < -0.39 is 0 Å². The van der Waals surface area contributed by atoms with Crippen LogP contribution < -0.4 is 4.90 Å². The zero-order valence-corrected chi connectivity index (χ0v) is 15.3. The molecule has 0 spiro atoms. The van der Waals surface area contributed by atoms with Gasteiger partial charge in [0.05, 0.1) is 0 Å². The summed E-state index contributed by atoms with van der Waals surface area (Å²) in [6, 6.07) is 20.5. The summed E-state index contributed by atoms with van der Waals surface area (Å²) in [5.41, 5.74) is 9.07. The SMILES string of the molecule is Cc1ccc(-c2ccc(-c3ccc4c(c3)CCCN4C(C)C)[nH]2)cc1. The molecule has 0 unspecified atom stereocenters. The van der Waals surface area contributed by atoms with E-state index in [-0.39, 0.29) is 0 Å². The summed E-state index contributed by atoms with van der Waals surface area (Å²) >= 11 is 0. The van der Waals surface area contributed by atoms with Gasteiger partial charge in [-0.25, -0.2) is 0 Å². The van der Waals surface area contributed by atoms with Gasteiger partial charge in [-0.1, -0.05) is 35.9 Å². The molecule has 4 rings (SSSR count). The van der Waals surface area contributed by atoms with E-state index in [9.17, 15) is 0 Å². The summed E-state index contributed by atoms with van der Waals surface area (Å²) < 4.78 is 0. The number of hydrogen-bond acceptors (Lipinski definition) is 1. The molecule has 0 saturated carbocycles. The molecule has 1 aromatic heterocycles. The number of rotatable bonds is 3. The van der Waals surface area contributed by atoms with E-state index >= 15 is 0 Å². The summed E-state index contributed by atoms with van der Waals surface area (Å²) in [5.74, 6) is 0. The van der Waals surface area contributed by atoms with E-state index in [1.807, 2.05) is 0 Å². The highest BCUT2D eigenvalue weighted by Gasteiger charge is 2.19. The number of anilines is 1. The van der Waals surface area contributed by atoms with Crippen LogP contribution in [0.3, 0.4) is 0 Å². The van der Waals surface area contributed by atoms with Crippen molar-refractivity contribution < 1.29 is 0 Å². The van der Waals surface area contributed by atoms with Crippen molar-refractivity contribution in [1.82, 2.24) is 4.98 Å². The van der Waals surface area contributed by atoms with Crippen molar-refractivity contribution in [3.05, 3.63) is 65.7 Å². The first-order valence-electron chi connectivity index (χ1n) is 9.28. The van der Waals surface area contributed by atoms with Crippen LogP contribution in [0.2, 0.25) is 0 Å². The lowest BCUT2D eigenvalue weighted by Crippen LogP contribution is -2.35. The summed E-state index contributed by atoms with van der Waals surface area (Å²) in [6.07, 6.45) is 2.42. The molecular weight excluding hydrogens is 304 g/mol. The van der Waals surface area contributed by atoms with Crippen LogP contribution in [-0.4, -0.2) is 17.6 Å². The Balaban J connectivity index is 1.66. The Morgan fingerprint density at radius 3 is 2.28 bits per heavy atom. The van der Waals surface area contributed by atoms with Gasteiger partial charge in [0, 0.05) is 29.7 Å². The fourth-order valence-electron chi connectivity index (χ4n) is 3.80. The summed E-state index contributed by atoms with van der Waals surface area (Å²) in [7, 11) is 0. The molecule has 0 atom stereocenters. The molecule has 1 aliphatic heterocycles. The number of benzene rings is 2. The van der Waals surface area contributed by atoms with Crippen LogP contribution >= 0.6 is 0 Å². The van der Waals surface area contributed by atoms with Crippen LogP contribution in [0, 0.1) is 6.92 Å². The lowest BCUT2D eigenvalue weighted by molar-refractivity contribution is 0.626. The van der Waals surface area contributed by atoms with E-state index in [1.165, 1.54) is 58.7 Å². The minimum atomic E-state index is 0.559. The molecule has 2 nitrogen and oxygen atoms in total. The van der Waals surface area contributed by atoms with E-state index in [2.05, 4.69) is 85.3 Å². The highest BCUT2D eigenvalue weighted by molar-refractivity contribution is 5.71. The molecule has 1 aliphatic rings. The predicted octanol–water partition coefficient (Wildman–Crippen LogP) is 5.82. The van der Waals surface area contributed by atoms with Gasteiger partial charge in [0.15, 0.2) is 0 Å². The van der Waals surface area contributed by atoms with E-state index in [0.717, 1.165) is 0 Å². The van der Waals surface area contributed by atoms with Gasteiger partial charge in [-0.05, 0) is 74.6 Å². The largest absolute Gasteiger partial charge is 0.369 e. The molecule has 0 aliphatic carbocycles. The van der Waals surface area contributed by atoms with Gasteiger partial charge in [-0.15, -0.1) is 0 Å². The van der Waals surface area contributed by atoms with Crippen molar-refractivity contribution in [2.75, 3.05) is 11.4 Å². The van der Waals surface area contributed by atoms with Gasteiger partial charge in [0.2, 0.25) is 0 Å². The standard InChI is InChI=1S/C23H26N2/c1-16(2)25-14-4-5-20-15-19(10-13-23(20)25)22-12-11-21(24-22)18-8-6-17(3)7-9-18/h6-13,15-16,24H,4-5,14H2,1-3H3. The van der Waals surface area contributed by atoms with Crippen molar-refractivity contribution in [2.45, 2.75) is 39.7 Å². The van der Waals surface area contributed by atoms with Crippen molar-refractivity contribution in [2.24, 2.45) is 0 Å². The van der Waals surface area contributed by atoms with E-state index in [1.54, 1.807) is 0 Å². The highest BCUT2D eigenvalue weighted by Crippen LogP contribution is 2.33. The first kappa shape index (κ1) is 16.0. The van der Waals surface area contributed by atoms with Crippen LogP contribution in [0.5, 0.6) is 0 Å².